The minimum absolute atomic E-state index is 0.216. The molecule has 4 atom stereocenters. The van der Waals surface area contributed by atoms with Gasteiger partial charge in [0.05, 0.1) is 22.6 Å². The van der Waals surface area contributed by atoms with E-state index in [-0.39, 0.29) is 11.6 Å². The van der Waals surface area contributed by atoms with E-state index in [9.17, 15) is 15.2 Å². The van der Waals surface area contributed by atoms with Crippen LogP contribution in [0.15, 0.2) is 36.4 Å². The Hall–Kier alpha value is -3.66. The van der Waals surface area contributed by atoms with Gasteiger partial charge in [0.25, 0.3) is 0 Å². The minimum atomic E-state index is -0.973. The molecule has 0 radical (unpaired) electrons. The lowest BCUT2D eigenvalue weighted by atomic mass is 9.79. The number of aromatic nitrogens is 2. The van der Waals surface area contributed by atoms with Crippen molar-refractivity contribution in [3.63, 3.8) is 0 Å². The van der Waals surface area contributed by atoms with Gasteiger partial charge >= 0.3 is 5.97 Å². The fraction of sp³-hybridized carbons (Fsp3) is 0.429. The number of hydrogen-bond acceptors (Lipinski definition) is 6. The van der Waals surface area contributed by atoms with E-state index in [0.29, 0.717) is 40.6 Å². The first-order chi connectivity index (χ1) is 16.9. The van der Waals surface area contributed by atoms with Crippen molar-refractivity contribution < 1.29 is 9.90 Å². The first-order valence-corrected chi connectivity index (χ1v) is 12.4. The zero-order valence-corrected chi connectivity index (χ0v) is 20.5. The van der Waals surface area contributed by atoms with Crippen molar-refractivity contribution in [2.45, 2.75) is 58.5 Å². The van der Waals surface area contributed by atoms with Crippen molar-refractivity contribution in [3.05, 3.63) is 58.8 Å². The minimum Gasteiger partial charge on any atom is -0.478 e. The van der Waals surface area contributed by atoms with Crippen LogP contribution in [0.1, 0.15) is 72.8 Å². The Kier molecular flexibility index (Phi) is 6.06. The van der Waals surface area contributed by atoms with Crippen molar-refractivity contribution in [1.29, 1.82) is 5.26 Å². The largest absolute Gasteiger partial charge is 0.478 e. The third-order valence-electron chi connectivity index (χ3n) is 7.81. The molecule has 7 heteroatoms. The van der Waals surface area contributed by atoms with Gasteiger partial charge in [0, 0.05) is 23.8 Å². The van der Waals surface area contributed by atoms with Crippen molar-refractivity contribution in [1.82, 2.24) is 9.97 Å². The summed E-state index contributed by atoms with van der Waals surface area (Å²) < 4.78 is 0. The Labute approximate surface area is 205 Å². The molecule has 2 aromatic carbocycles. The molecule has 0 amide bonds. The molecule has 0 bridgehead atoms. The maximum Gasteiger partial charge on any atom is 0.337 e. The van der Waals surface area contributed by atoms with Gasteiger partial charge in [-0.05, 0) is 69.2 Å². The number of rotatable bonds is 5. The molecule has 7 nitrogen and oxygen atoms in total. The van der Waals surface area contributed by atoms with Crippen LogP contribution >= 0.6 is 0 Å². The number of aromatic carboxylic acids is 1. The molecule has 2 heterocycles. The molecule has 1 saturated carbocycles. The second kappa shape index (κ2) is 9.18. The number of nitriles is 1. The average Bonchev–Trinajstić information content (AvgIpc) is 3.19. The Balaban J connectivity index is 1.58. The van der Waals surface area contributed by atoms with Crippen LogP contribution in [0.3, 0.4) is 0 Å². The topological polar surface area (TPSA) is 102 Å². The maximum absolute atomic E-state index is 11.7. The Morgan fingerprint density at radius 1 is 1.23 bits per heavy atom. The van der Waals surface area contributed by atoms with Gasteiger partial charge in [-0.3, -0.25) is 0 Å². The molecule has 1 aromatic heterocycles. The van der Waals surface area contributed by atoms with Crippen LogP contribution in [0.4, 0.5) is 11.5 Å². The lowest BCUT2D eigenvalue weighted by Gasteiger charge is -2.28. The van der Waals surface area contributed by atoms with Crippen molar-refractivity contribution in [2.75, 3.05) is 16.8 Å². The standard InChI is InChI=1S/C28H31N5O2/c1-16-12-22(17(2)30-23-11-7-6-10-21(23)28(34)35)26-24(13-16)31-25(14-29)27(32-26)33-15-19-8-4-5-9-20(19)18(33)3/h6-7,10-13,17-20,30H,4-5,8-9,15H2,1-3H3,(H,34,35)/t17-,18?,19?,20?/m1/s1. The number of fused-ring (bicyclic) bond motifs is 2. The van der Waals surface area contributed by atoms with E-state index in [1.54, 1.807) is 18.2 Å². The predicted octanol–water partition coefficient (Wildman–Crippen LogP) is 5.70. The Morgan fingerprint density at radius 2 is 2.00 bits per heavy atom. The van der Waals surface area contributed by atoms with Crippen LogP contribution < -0.4 is 10.2 Å². The molecular formula is C28H31N5O2. The van der Waals surface area contributed by atoms with Crippen molar-refractivity contribution >= 4 is 28.5 Å². The third-order valence-corrected chi connectivity index (χ3v) is 7.81. The van der Waals surface area contributed by atoms with Gasteiger partial charge < -0.3 is 15.3 Å². The molecule has 1 aliphatic heterocycles. The molecule has 1 aliphatic carbocycles. The summed E-state index contributed by atoms with van der Waals surface area (Å²) in [7, 11) is 0. The summed E-state index contributed by atoms with van der Waals surface area (Å²) >= 11 is 0. The molecule has 180 valence electrons. The highest BCUT2D eigenvalue weighted by molar-refractivity contribution is 5.94. The highest BCUT2D eigenvalue weighted by atomic mass is 16.4. The van der Waals surface area contributed by atoms with Gasteiger partial charge in [-0.25, -0.2) is 14.8 Å². The molecule has 3 unspecified atom stereocenters. The monoisotopic (exact) mass is 469 g/mol. The average molecular weight is 470 g/mol. The number of aryl methyl sites for hydroxylation is 1. The molecule has 1 saturated heterocycles. The summed E-state index contributed by atoms with van der Waals surface area (Å²) in [6.45, 7) is 7.17. The van der Waals surface area contributed by atoms with Crippen LogP contribution in [-0.2, 0) is 0 Å². The number of nitrogens with one attached hydrogen (secondary N) is 1. The lowest BCUT2D eigenvalue weighted by molar-refractivity contribution is 0.0698. The van der Waals surface area contributed by atoms with Gasteiger partial charge in [-0.1, -0.05) is 31.0 Å². The Bertz CT molecular complexity index is 1330. The van der Waals surface area contributed by atoms with E-state index in [1.807, 2.05) is 26.0 Å². The van der Waals surface area contributed by atoms with Crippen molar-refractivity contribution in [3.8, 4) is 6.07 Å². The number of para-hydroxylation sites is 1. The van der Waals surface area contributed by atoms with Gasteiger partial charge in [-0.15, -0.1) is 0 Å². The molecular weight excluding hydrogens is 438 g/mol. The SMILES string of the molecule is Cc1cc([C@@H](C)Nc2ccccc2C(=O)O)c2nc(N3CC4CCCCC4C3C)c(C#N)nc2c1. The van der Waals surface area contributed by atoms with E-state index in [0.717, 1.165) is 23.2 Å². The lowest BCUT2D eigenvalue weighted by Crippen LogP contribution is -2.31. The van der Waals surface area contributed by atoms with Gasteiger partial charge in [0.2, 0.25) is 0 Å². The van der Waals surface area contributed by atoms with E-state index in [4.69, 9.17) is 9.97 Å². The van der Waals surface area contributed by atoms with Crippen LogP contribution in [0, 0.1) is 30.1 Å². The molecule has 2 N–H and O–H groups in total. The highest BCUT2D eigenvalue weighted by Crippen LogP contribution is 2.43. The van der Waals surface area contributed by atoms with Crippen LogP contribution in [0.5, 0.6) is 0 Å². The second-order valence-corrected chi connectivity index (χ2v) is 10.0. The molecule has 0 spiro atoms. The van der Waals surface area contributed by atoms with E-state index in [2.05, 4.69) is 29.3 Å². The van der Waals surface area contributed by atoms with Crippen LogP contribution in [-0.4, -0.2) is 33.6 Å². The first kappa shape index (κ1) is 23.1. The van der Waals surface area contributed by atoms with Gasteiger partial charge in [0.15, 0.2) is 11.5 Å². The summed E-state index contributed by atoms with van der Waals surface area (Å²) in [5.74, 6) is 0.983. The normalized spacial score (nSPS) is 22.5. The fourth-order valence-electron chi connectivity index (χ4n) is 6.06. The summed E-state index contributed by atoms with van der Waals surface area (Å²) in [5, 5.41) is 22.9. The quantitative estimate of drug-likeness (QED) is 0.494. The zero-order chi connectivity index (χ0) is 24.7. The summed E-state index contributed by atoms with van der Waals surface area (Å²) in [6, 6.07) is 13.3. The molecule has 5 rings (SSSR count). The zero-order valence-electron chi connectivity index (χ0n) is 20.5. The molecule has 2 aliphatic rings. The van der Waals surface area contributed by atoms with E-state index >= 15 is 0 Å². The number of carboxylic acid groups (broad SMARTS) is 1. The maximum atomic E-state index is 11.7. The number of carbonyl (C=O) groups is 1. The number of nitrogens with zero attached hydrogens (tertiary/aromatic N) is 4. The number of anilines is 2. The molecule has 35 heavy (non-hydrogen) atoms. The third kappa shape index (κ3) is 4.18. The Morgan fingerprint density at radius 3 is 2.74 bits per heavy atom. The molecule has 2 fully saturated rings. The highest BCUT2D eigenvalue weighted by Gasteiger charge is 2.41. The summed E-state index contributed by atoms with van der Waals surface area (Å²) in [5.41, 5.74) is 4.53. The molecule has 3 aromatic rings. The second-order valence-electron chi connectivity index (χ2n) is 10.0. The number of hydrogen-bond donors (Lipinski definition) is 2. The van der Waals surface area contributed by atoms with Crippen LogP contribution in [0.2, 0.25) is 0 Å². The van der Waals surface area contributed by atoms with E-state index < -0.39 is 5.97 Å². The number of carboxylic acids is 1. The summed E-state index contributed by atoms with van der Waals surface area (Å²) in [6.07, 6.45) is 5.03. The van der Waals surface area contributed by atoms with Gasteiger partial charge in [-0.2, -0.15) is 5.26 Å². The predicted molar refractivity (Wildman–Crippen MR) is 137 cm³/mol. The van der Waals surface area contributed by atoms with Crippen molar-refractivity contribution in [2.24, 2.45) is 11.8 Å². The fourth-order valence-corrected chi connectivity index (χ4v) is 6.06. The number of benzene rings is 2. The first-order valence-electron chi connectivity index (χ1n) is 12.4. The smallest absolute Gasteiger partial charge is 0.337 e. The van der Waals surface area contributed by atoms with Crippen LogP contribution in [0.25, 0.3) is 11.0 Å². The summed E-state index contributed by atoms with van der Waals surface area (Å²) in [4.78, 5) is 23.8. The van der Waals surface area contributed by atoms with Gasteiger partial charge in [0.1, 0.15) is 6.07 Å². The van der Waals surface area contributed by atoms with E-state index in [1.165, 1.54) is 25.7 Å².